The molecule has 1 amide bonds. The molecule has 138 valence electrons. The Morgan fingerprint density at radius 1 is 1.04 bits per heavy atom. The van der Waals surface area contributed by atoms with Crippen molar-refractivity contribution in [2.45, 2.75) is 46.0 Å². The number of carbonyl (C=O) groups is 1. The molecule has 0 aliphatic carbocycles. The number of likely N-dealkylation sites (tertiary alicyclic amines) is 1. The first-order chi connectivity index (χ1) is 12.0. The van der Waals surface area contributed by atoms with Crippen LogP contribution in [0.5, 0.6) is 0 Å². The maximum atomic E-state index is 12.4. The molecule has 0 bridgehead atoms. The summed E-state index contributed by atoms with van der Waals surface area (Å²) >= 11 is 0. The lowest BCUT2D eigenvalue weighted by atomic mass is 10.1. The third-order valence-corrected chi connectivity index (χ3v) is 5.14. The van der Waals surface area contributed by atoms with Crippen LogP contribution in [0.2, 0.25) is 0 Å². The highest BCUT2D eigenvalue weighted by Crippen LogP contribution is 2.19. The lowest BCUT2D eigenvalue weighted by molar-refractivity contribution is -0.133. The van der Waals surface area contributed by atoms with Crippen molar-refractivity contribution in [3.8, 4) is 0 Å². The van der Waals surface area contributed by atoms with Crippen molar-refractivity contribution < 1.29 is 4.79 Å². The summed E-state index contributed by atoms with van der Waals surface area (Å²) < 4.78 is 0. The van der Waals surface area contributed by atoms with Gasteiger partial charge in [-0.3, -0.25) is 9.69 Å². The summed E-state index contributed by atoms with van der Waals surface area (Å²) in [5, 5.41) is 0. The van der Waals surface area contributed by atoms with Gasteiger partial charge in [0.1, 0.15) is 11.6 Å². The molecule has 25 heavy (non-hydrogen) atoms. The van der Waals surface area contributed by atoms with Crippen LogP contribution < -0.4 is 4.90 Å². The lowest BCUT2D eigenvalue weighted by Crippen LogP contribution is -2.51. The van der Waals surface area contributed by atoms with Crippen LogP contribution in [-0.4, -0.2) is 71.5 Å². The molecular formula is C19H31N5O. The van der Waals surface area contributed by atoms with Gasteiger partial charge >= 0.3 is 0 Å². The van der Waals surface area contributed by atoms with E-state index in [9.17, 15) is 4.79 Å². The van der Waals surface area contributed by atoms with Crippen LogP contribution in [0, 0.1) is 6.92 Å². The van der Waals surface area contributed by atoms with Crippen LogP contribution in [0.1, 0.15) is 50.5 Å². The molecule has 0 aromatic carbocycles. The smallest absolute Gasteiger partial charge is 0.236 e. The minimum atomic E-state index is 0.299. The topological polar surface area (TPSA) is 52.6 Å². The Morgan fingerprint density at radius 3 is 2.36 bits per heavy atom. The zero-order valence-electron chi connectivity index (χ0n) is 15.9. The molecule has 3 heterocycles. The zero-order chi connectivity index (χ0) is 17.8. The number of aryl methyl sites for hydroxylation is 1. The predicted molar refractivity (Wildman–Crippen MR) is 99.9 cm³/mol. The molecule has 0 atom stereocenters. The molecule has 0 saturated carbocycles. The van der Waals surface area contributed by atoms with E-state index in [1.54, 1.807) is 0 Å². The van der Waals surface area contributed by atoms with Crippen molar-refractivity contribution in [1.29, 1.82) is 0 Å². The van der Waals surface area contributed by atoms with Crippen LogP contribution in [0.15, 0.2) is 6.07 Å². The number of hydrogen-bond acceptors (Lipinski definition) is 5. The van der Waals surface area contributed by atoms with Gasteiger partial charge in [0.2, 0.25) is 5.91 Å². The third-order valence-electron chi connectivity index (χ3n) is 5.14. The lowest BCUT2D eigenvalue weighted by Gasteiger charge is -2.36. The number of piperidine rings is 1. The number of amides is 1. The fourth-order valence-electron chi connectivity index (χ4n) is 3.56. The molecule has 1 aromatic heterocycles. The molecule has 1 aromatic rings. The van der Waals surface area contributed by atoms with Crippen LogP contribution in [0.4, 0.5) is 5.82 Å². The maximum absolute atomic E-state index is 12.4. The average molecular weight is 345 g/mol. The fourth-order valence-corrected chi connectivity index (χ4v) is 3.56. The molecular weight excluding hydrogens is 314 g/mol. The van der Waals surface area contributed by atoms with Gasteiger partial charge in [-0.25, -0.2) is 9.97 Å². The highest BCUT2D eigenvalue weighted by Gasteiger charge is 2.23. The van der Waals surface area contributed by atoms with E-state index in [0.717, 1.165) is 69.4 Å². The van der Waals surface area contributed by atoms with Gasteiger partial charge in [0.25, 0.3) is 0 Å². The highest BCUT2D eigenvalue weighted by atomic mass is 16.2. The zero-order valence-corrected chi connectivity index (χ0v) is 15.9. The van der Waals surface area contributed by atoms with Crippen molar-refractivity contribution in [3.63, 3.8) is 0 Å². The van der Waals surface area contributed by atoms with Gasteiger partial charge in [-0.2, -0.15) is 0 Å². The first kappa shape index (κ1) is 18.1. The number of nitrogens with zero attached hydrogens (tertiary/aromatic N) is 5. The van der Waals surface area contributed by atoms with Gasteiger partial charge in [-0.15, -0.1) is 0 Å². The molecule has 0 radical (unpaired) electrons. The maximum Gasteiger partial charge on any atom is 0.236 e. The second-order valence-corrected chi connectivity index (χ2v) is 7.59. The van der Waals surface area contributed by atoms with Crippen LogP contribution in [0.25, 0.3) is 0 Å². The fraction of sp³-hybridized carbons (Fsp3) is 0.737. The summed E-state index contributed by atoms with van der Waals surface area (Å²) in [4.78, 5) is 28.4. The molecule has 6 heteroatoms. The van der Waals surface area contributed by atoms with Crippen molar-refractivity contribution in [1.82, 2.24) is 19.8 Å². The second kappa shape index (κ2) is 8.13. The van der Waals surface area contributed by atoms with Gasteiger partial charge in [0, 0.05) is 56.9 Å². The molecule has 2 fully saturated rings. The Kier molecular flexibility index (Phi) is 5.89. The Balaban J connectivity index is 1.54. The summed E-state index contributed by atoms with van der Waals surface area (Å²) in [6.45, 7) is 12.4. The Labute approximate surface area is 151 Å². The average Bonchev–Trinajstić information content (AvgIpc) is 2.62. The van der Waals surface area contributed by atoms with Crippen molar-refractivity contribution in [2.75, 3.05) is 50.7 Å². The Hall–Kier alpha value is -1.69. The Morgan fingerprint density at radius 2 is 1.72 bits per heavy atom. The molecule has 2 aliphatic heterocycles. The number of hydrogen-bond donors (Lipinski definition) is 0. The summed E-state index contributed by atoms with van der Waals surface area (Å²) in [7, 11) is 0. The minimum absolute atomic E-state index is 0.299. The van der Waals surface area contributed by atoms with E-state index in [0.29, 0.717) is 18.4 Å². The van der Waals surface area contributed by atoms with E-state index in [2.05, 4.69) is 34.7 Å². The largest absolute Gasteiger partial charge is 0.354 e. The van der Waals surface area contributed by atoms with Gasteiger partial charge < -0.3 is 9.80 Å². The van der Waals surface area contributed by atoms with Gasteiger partial charge in [0.05, 0.1) is 6.54 Å². The molecule has 6 nitrogen and oxygen atoms in total. The molecule has 2 saturated heterocycles. The summed E-state index contributed by atoms with van der Waals surface area (Å²) in [6.07, 6.45) is 3.58. The second-order valence-electron chi connectivity index (χ2n) is 7.59. The minimum Gasteiger partial charge on any atom is -0.354 e. The molecule has 3 rings (SSSR count). The third kappa shape index (κ3) is 4.69. The van der Waals surface area contributed by atoms with Gasteiger partial charge in [-0.05, 0) is 26.2 Å². The number of piperazine rings is 1. The van der Waals surface area contributed by atoms with Crippen LogP contribution in [-0.2, 0) is 4.79 Å². The van der Waals surface area contributed by atoms with Gasteiger partial charge in [0.15, 0.2) is 0 Å². The predicted octanol–water partition coefficient (Wildman–Crippen LogP) is 2.04. The number of carbonyl (C=O) groups excluding carboxylic acids is 1. The normalized spacial score (nSPS) is 19.5. The van der Waals surface area contributed by atoms with Crippen molar-refractivity contribution in [3.05, 3.63) is 17.6 Å². The monoisotopic (exact) mass is 345 g/mol. The van der Waals surface area contributed by atoms with Crippen LogP contribution in [0.3, 0.4) is 0 Å². The summed E-state index contributed by atoms with van der Waals surface area (Å²) in [5.41, 5.74) is 1.02. The Bertz CT molecular complexity index is 589. The highest BCUT2D eigenvalue weighted by molar-refractivity contribution is 5.78. The van der Waals surface area contributed by atoms with Crippen LogP contribution >= 0.6 is 0 Å². The molecule has 2 aliphatic rings. The van der Waals surface area contributed by atoms with Crippen molar-refractivity contribution in [2.24, 2.45) is 0 Å². The van der Waals surface area contributed by atoms with Gasteiger partial charge in [-0.1, -0.05) is 13.8 Å². The first-order valence-electron chi connectivity index (χ1n) is 9.63. The van der Waals surface area contributed by atoms with Crippen molar-refractivity contribution >= 4 is 11.7 Å². The molecule has 0 unspecified atom stereocenters. The van der Waals surface area contributed by atoms with E-state index in [4.69, 9.17) is 4.98 Å². The number of aromatic nitrogens is 2. The first-order valence-corrected chi connectivity index (χ1v) is 9.63. The van der Waals surface area contributed by atoms with E-state index >= 15 is 0 Å². The van der Waals surface area contributed by atoms with E-state index in [1.807, 2.05) is 11.8 Å². The standard InChI is InChI=1S/C19H31N5O/c1-15(2)19-20-16(3)13-17(21-19)23-11-9-22(10-12-23)14-18(25)24-7-5-4-6-8-24/h13,15H,4-12,14H2,1-3H3. The quantitative estimate of drug-likeness (QED) is 0.836. The summed E-state index contributed by atoms with van der Waals surface area (Å²) in [5.74, 6) is 2.58. The number of anilines is 1. The van der Waals surface area contributed by atoms with E-state index < -0.39 is 0 Å². The van der Waals surface area contributed by atoms with E-state index in [1.165, 1.54) is 6.42 Å². The molecule has 0 N–H and O–H groups in total. The van der Waals surface area contributed by atoms with E-state index in [-0.39, 0.29) is 0 Å². The molecule has 0 spiro atoms. The summed E-state index contributed by atoms with van der Waals surface area (Å²) in [6, 6.07) is 2.07. The SMILES string of the molecule is Cc1cc(N2CCN(CC(=O)N3CCCCC3)CC2)nc(C(C)C)n1. The number of rotatable bonds is 4.